The van der Waals surface area contributed by atoms with Crippen molar-refractivity contribution in [2.24, 2.45) is 0 Å². The summed E-state index contributed by atoms with van der Waals surface area (Å²) >= 11 is 5.86. The third-order valence-corrected chi connectivity index (χ3v) is 3.07. The summed E-state index contributed by atoms with van der Waals surface area (Å²) in [4.78, 5) is 13.4. The lowest BCUT2D eigenvalue weighted by atomic mass is 10.3. The van der Waals surface area contributed by atoms with E-state index in [1.807, 2.05) is 18.2 Å². The van der Waals surface area contributed by atoms with Gasteiger partial charge in [0.1, 0.15) is 18.1 Å². The molecule has 0 aliphatic rings. The molecule has 1 aromatic heterocycles. The van der Waals surface area contributed by atoms with Crippen molar-refractivity contribution in [2.45, 2.75) is 6.54 Å². The van der Waals surface area contributed by atoms with Crippen molar-refractivity contribution >= 4 is 17.6 Å². The van der Waals surface area contributed by atoms with Crippen molar-refractivity contribution in [3.8, 4) is 5.75 Å². The maximum absolute atomic E-state index is 11.8. The molecule has 0 bridgehead atoms. The smallest absolute Gasteiger partial charge is 0.317 e. The maximum atomic E-state index is 11.8. The predicted molar refractivity (Wildman–Crippen MR) is 80.5 cm³/mol. The molecule has 0 aliphatic carbocycles. The summed E-state index contributed by atoms with van der Waals surface area (Å²) in [6.07, 6.45) is 1.57. The van der Waals surface area contributed by atoms with Crippen LogP contribution in [0, 0.1) is 0 Å². The second kappa shape index (κ2) is 7.59. The molecule has 0 atom stereocenters. The van der Waals surface area contributed by atoms with Gasteiger partial charge in [-0.15, -0.1) is 0 Å². The van der Waals surface area contributed by atoms with E-state index in [1.54, 1.807) is 36.4 Å². The fourth-order valence-corrected chi connectivity index (χ4v) is 1.85. The van der Waals surface area contributed by atoms with Crippen LogP contribution in [0.2, 0.25) is 5.02 Å². The minimum absolute atomic E-state index is 0.180. The van der Waals surface area contributed by atoms with E-state index in [0.717, 1.165) is 0 Å². The Balaban J connectivity index is 1.68. The number of rotatable bonds is 6. The molecule has 2 amide bonds. The van der Waals surface area contributed by atoms with Crippen molar-refractivity contribution in [3.05, 3.63) is 53.4 Å². The molecule has 0 saturated heterocycles. The minimum atomic E-state index is -0.180. The molecule has 2 rings (SSSR count). The van der Waals surface area contributed by atoms with Crippen molar-refractivity contribution in [2.75, 3.05) is 20.2 Å². The van der Waals surface area contributed by atoms with Crippen LogP contribution in [0.5, 0.6) is 5.75 Å². The van der Waals surface area contributed by atoms with E-state index in [2.05, 4.69) is 5.32 Å². The average molecular weight is 309 g/mol. The number of carbonyl (C=O) groups is 1. The van der Waals surface area contributed by atoms with Gasteiger partial charge in [-0.1, -0.05) is 17.7 Å². The van der Waals surface area contributed by atoms with Gasteiger partial charge in [0, 0.05) is 12.1 Å². The zero-order valence-corrected chi connectivity index (χ0v) is 12.5. The van der Waals surface area contributed by atoms with Crippen LogP contribution >= 0.6 is 11.6 Å². The molecule has 0 unspecified atom stereocenters. The Morgan fingerprint density at radius 2 is 2.24 bits per heavy atom. The predicted octanol–water partition coefficient (Wildman–Crippen LogP) is 3.15. The second-order valence-corrected chi connectivity index (χ2v) is 4.90. The first-order chi connectivity index (χ1) is 10.1. The number of amides is 2. The van der Waals surface area contributed by atoms with Crippen LogP contribution in [0.25, 0.3) is 0 Å². The number of nitrogens with one attached hydrogen (secondary N) is 1. The molecular formula is C15H17ClN2O3. The average Bonchev–Trinajstić information content (AvgIpc) is 2.98. The van der Waals surface area contributed by atoms with Crippen molar-refractivity contribution in [1.82, 2.24) is 10.2 Å². The molecule has 0 aliphatic heterocycles. The van der Waals surface area contributed by atoms with Crippen LogP contribution in [0.3, 0.4) is 0 Å². The van der Waals surface area contributed by atoms with E-state index in [1.165, 1.54) is 0 Å². The molecule has 0 saturated carbocycles. The summed E-state index contributed by atoms with van der Waals surface area (Å²) in [5.74, 6) is 1.40. The Morgan fingerprint density at radius 1 is 1.38 bits per heavy atom. The topological polar surface area (TPSA) is 54.7 Å². The number of hydrogen-bond acceptors (Lipinski definition) is 3. The molecule has 0 fully saturated rings. The molecule has 0 radical (unpaired) electrons. The molecular weight excluding hydrogens is 292 g/mol. The number of likely N-dealkylation sites (N-methyl/N-ethyl adjacent to an activating group) is 1. The fourth-order valence-electron chi connectivity index (χ4n) is 1.67. The number of urea groups is 1. The molecule has 2 aromatic rings. The summed E-state index contributed by atoms with van der Waals surface area (Å²) < 4.78 is 10.7. The van der Waals surface area contributed by atoms with E-state index in [4.69, 9.17) is 20.8 Å². The van der Waals surface area contributed by atoms with E-state index in [9.17, 15) is 4.79 Å². The standard InChI is InChI=1S/C15H17ClN2O3/c1-18(15(19)17-11-14-6-3-8-20-14)7-9-21-13-5-2-4-12(16)10-13/h2-6,8,10H,7,9,11H2,1H3,(H,17,19). The zero-order valence-electron chi connectivity index (χ0n) is 11.7. The molecule has 6 heteroatoms. The molecule has 112 valence electrons. The van der Waals surface area contributed by atoms with Gasteiger partial charge in [0.25, 0.3) is 0 Å². The van der Waals surface area contributed by atoms with Gasteiger partial charge < -0.3 is 19.4 Å². The summed E-state index contributed by atoms with van der Waals surface area (Å²) in [5, 5.41) is 3.38. The first-order valence-electron chi connectivity index (χ1n) is 6.55. The van der Waals surface area contributed by atoms with Gasteiger partial charge >= 0.3 is 6.03 Å². The quantitative estimate of drug-likeness (QED) is 0.892. The van der Waals surface area contributed by atoms with Gasteiger partial charge in [-0.3, -0.25) is 0 Å². The molecule has 1 N–H and O–H groups in total. The van der Waals surface area contributed by atoms with Gasteiger partial charge in [0.05, 0.1) is 19.4 Å². The Kier molecular flexibility index (Phi) is 5.51. The van der Waals surface area contributed by atoms with E-state index < -0.39 is 0 Å². The zero-order chi connectivity index (χ0) is 15.1. The Bertz CT molecular complexity index is 572. The van der Waals surface area contributed by atoms with Crippen LogP contribution < -0.4 is 10.1 Å². The highest BCUT2D eigenvalue weighted by Gasteiger charge is 2.08. The van der Waals surface area contributed by atoms with Gasteiger partial charge in [0.2, 0.25) is 0 Å². The van der Waals surface area contributed by atoms with Gasteiger partial charge in [-0.25, -0.2) is 4.79 Å². The summed E-state index contributed by atoms with van der Waals surface area (Å²) in [6.45, 7) is 1.23. The SMILES string of the molecule is CN(CCOc1cccc(Cl)c1)C(=O)NCc1ccco1. The number of carbonyl (C=O) groups excluding carboxylic acids is 1. The Hall–Kier alpha value is -2.14. The second-order valence-electron chi connectivity index (χ2n) is 4.47. The summed E-state index contributed by atoms with van der Waals surface area (Å²) in [7, 11) is 1.71. The van der Waals surface area contributed by atoms with Crippen LogP contribution in [0.4, 0.5) is 4.79 Å². The first-order valence-corrected chi connectivity index (χ1v) is 6.92. The van der Waals surface area contributed by atoms with E-state index in [-0.39, 0.29) is 6.03 Å². The lowest BCUT2D eigenvalue weighted by Crippen LogP contribution is -2.38. The maximum Gasteiger partial charge on any atom is 0.317 e. The molecule has 0 spiro atoms. The van der Waals surface area contributed by atoms with Gasteiger partial charge in [0.15, 0.2) is 0 Å². The number of halogens is 1. The largest absolute Gasteiger partial charge is 0.492 e. The molecule has 1 heterocycles. The third-order valence-electron chi connectivity index (χ3n) is 2.83. The number of hydrogen-bond donors (Lipinski definition) is 1. The normalized spacial score (nSPS) is 10.2. The van der Waals surface area contributed by atoms with Gasteiger partial charge in [-0.2, -0.15) is 0 Å². The van der Waals surface area contributed by atoms with Crippen LogP contribution in [0.1, 0.15) is 5.76 Å². The number of nitrogens with zero attached hydrogens (tertiary/aromatic N) is 1. The highest BCUT2D eigenvalue weighted by atomic mass is 35.5. The monoisotopic (exact) mass is 308 g/mol. The lowest BCUT2D eigenvalue weighted by molar-refractivity contribution is 0.194. The first kappa shape index (κ1) is 15.3. The van der Waals surface area contributed by atoms with E-state index in [0.29, 0.717) is 36.2 Å². The Labute approximate surface area is 128 Å². The van der Waals surface area contributed by atoms with E-state index >= 15 is 0 Å². The molecule has 21 heavy (non-hydrogen) atoms. The van der Waals surface area contributed by atoms with Crippen molar-refractivity contribution in [3.63, 3.8) is 0 Å². The third kappa shape index (κ3) is 5.04. The minimum Gasteiger partial charge on any atom is -0.492 e. The highest BCUT2D eigenvalue weighted by Crippen LogP contribution is 2.16. The lowest BCUT2D eigenvalue weighted by Gasteiger charge is -2.17. The molecule has 1 aromatic carbocycles. The number of benzene rings is 1. The summed E-state index contributed by atoms with van der Waals surface area (Å²) in [6, 6.07) is 10.6. The number of ether oxygens (including phenoxy) is 1. The van der Waals surface area contributed by atoms with Gasteiger partial charge in [-0.05, 0) is 30.3 Å². The van der Waals surface area contributed by atoms with Crippen LogP contribution in [-0.2, 0) is 6.54 Å². The molecule has 5 nitrogen and oxygen atoms in total. The van der Waals surface area contributed by atoms with Crippen molar-refractivity contribution in [1.29, 1.82) is 0 Å². The van der Waals surface area contributed by atoms with Crippen molar-refractivity contribution < 1.29 is 13.9 Å². The van der Waals surface area contributed by atoms with Crippen LogP contribution in [-0.4, -0.2) is 31.1 Å². The summed E-state index contributed by atoms with van der Waals surface area (Å²) in [5.41, 5.74) is 0. The highest BCUT2D eigenvalue weighted by molar-refractivity contribution is 6.30. The number of furan rings is 1. The fraction of sp³-hybridized carbons (Fsp3) is 0.267. The Morgan fingerprint density at radius 3 is 2.95 bits per heavy atom. The van der Waals surface area contributed by atoms with Crippen LogP contribution in [0.15, 0.2) is 47.1 Å².